The molecule has 0 amide bonds. The first kappa shape index (κ1) is 8.75. The van der Waals surface area contributed by atoms with Crippen LogP contribution < -0.4 is 5.11 Å². The third kappa shape index (κ3) is 3.72. The zero-order chi connectivity index (χ0) is 7.98. The molecule has 3 heteroatoms. The highest BCUT2D eigenvalue weighted by atomic mass is 16.5. The molecule has 0 aromatic carbocycles. The minimum absolute atomic E-state index is 0.0434. The summed E-state index contributed by atoms with van der Waals surface area (Å²) in [6.45, 7) is 6.83. The van der Waals surface area contributed by atoms with Gasteiger partial charge >= 0.3 is 0 Å². The summed E-state index contributed by atoms with van der Waals surface area (Å²) in [6, 6.07) is 0. The maximum absolute atomic E-state index is 10.0. The molecule has 0 saturated carbocycles. The summed E-state index contributed by atoms with van der Waals surface area (Å²) < 4.78 is 4.67. The molecule has 10 heavy (non-hydrogen) atoms. The topological polar surface area (TPSA) is 49.4 Å². The fraction of sp³-hybridized carbons (Fsp3) is 0.286. The highest BCUT2D eigenvalue weighted by Crippen LogP contribution is 1.95. The van der Waals surface area contributed by atoms with Gasteiger partial charge in [0.15, 0.2) is 0 Å². The van der Waals surface area contributed by atoms with Gasteiger partial charge in [-0.1, -0.05) is 13.2 Å². The second kappa shape index (κ2) is 4.61. The Morgan fingerprint density at radius 1 is 1.70 bits per heavy atom. The summed E-state index contributed by atoms with van der Waals surface area (Å²) in [4.78, 5) is 10.0. The van der Waals surface area contributed by atoms with Crippen LogP contribution in [0.15, 0.2) is 25.0 Å². The molecule has 0 radical (unpaired) electrons. The molecule has 0 saturated heterocycles. The minimum atomic E-state index is -1.23. The monoisotopic (exact) mass is 141 g/mol. The van der Waals surface area contributed by atoms with Gasteiger partial charge in [-0.05, 0) is 5.57 Å². The van der Waals surface area contributed by atoms with E-state index in [-0.39, 0.29) is 18.6 Å². The van der Waals surface area contributed by atoms with Crippen molar-refractivity contribution < 1.29 is 14.6 Å². The standard InChI is InChI=1S/C7H10O3/c1-3-10-5-4-6(2)7(8)9/h3H,1-2,4-5H2,(H,8,9)/p-1. The molecule has 0 fully saturated rings. The van der Waals surface area contributed by atoms with Gasteiger partial charge in [0.25, 0.3) is 0 Å². The fourth-order valence-electron chi connectivity index (χ4n) is 0.368. The Balaban J connectivity index is 3.40. The van der Waals surface area contributed by atoms with Gasteiger partial charge in [0.1, 0.15) is 0 Å². The number of hydrogen-bond acceptors (Lipinski definition) is 3. The van der Waals surface area contributed by atoms with Crippen molar-refractivity contribution >= 4 is 5.97 Å². The average Bonchev–Trinajstić information content (AvgIpc) is 1.88. The van der Waals surface area contributed by atoms with E-state index in [1.54, 1.807) is 0 Å². The van der Waals surface area contributed by atoms with E-state index in [0.717, 1.165) is 0 Å². The Hall–Kier alpha value is -1.25. The van der Waals surface area contributed by atoms with Crippen molar-refractivity contribution in [3.05, 3.63) is 25.0 Å². The number of hydrogen-bond donors (Lipinski definition) is 0. The van der Waals surface area contributed by atoms with Crippen molar-refractivity contribution in [2.45, 2.75) is 6.42 Å². The van der Waals surface area contributed by atoms with E-state index in [1.807, 2.05) is 0 Å². The predicted molar refractivity (Wildman–Crippen MR) is 34.9 cm³/mol. The smallest absolute Gasteiger partial charge is 0.0913 e. The highest BCUT2D eigenvalue weighted by Gasteiger charge is 1.92. The number of carbonyl (C=O) groups is 1. The van der Waals surface area contributed by atoms with Crippen LogP contribution in [0.2, 0.25) is 0 Å². The molecule has 0 rings (SSSR count). The molecular formula is C7H9O3-. The molecule has 56 valence electrons. The minimum Gasteiger partial charge on any atom is -0.545 e. The van der Waals surface area contributed by atoms with Crippen LogP contribution >= 0.6 is 0 Å². The molecular weight excluding hydrogens is 132 g/mol. The van der Waals surface area contributed by atoms with Crippen LogP contribution in [-0.4, -0.2) is 12.6 Å². The van der Waals surface area contributed by atoms with Gasteiger partial charge in [-0.25, -0.2) is 0 Å². The Labute approximate surface area is 59.6 Å². The lowest BCUT2D eigenvalue weighted by atomic mass is 10.2. The van der Waals surface area contributed by atoms with Gasteiger partial charge in [0.2, 0.25) is 0 Å². The van der Waals surface area contributed by atoms with E-state index in [2.05, 4.69) is 17.9 Å². The lowest BCUT2D eigenvalue weighted by Crippen LogP contribution is -2.24. The largest absolute Gasteiger partial charge is 0.545 e. The molecule has 3 nitrogen and oxygen atoms in total. The molecule has 0 aromatic heterocycles. The van der Waals surface area contributed by atoms with Crippen molar-refractivity contribution in [2.75, 3.05) is 6.61 Å². The first-order chi connectivity index (χ1) is 4.68. The van der Waals surface area contributed by atoms with E-state index in [0.29, 0.717) is 0 Å². The second-order valence-electron chi connectivity index (χ2n) is 1.68. The molecule has 0 unspecified atom stereocenters. The Bertz CT molecular complexity index is 149. The predicted octanol–water partition coefficient (Wildman–Crippen LogP) is -0.157. The van der Waals surface area contributed by atoms with E-state index < -0.39 is 5.97 Å². The molecule has 0 aromatic rings. The number of carbonyl (C=O) groups excluding carboxylic acids is 1. The molecule has 0 heterocycles. The summed E-state index contributed by atoms with van der Waals surface area (Å²) in [5.41, 5.74) is 0.0434. The Morgan fingerprint density at radius 3 is 2.70 bits per heavy atom. The van der Waals surface area contributed by atoms with Crippen molar-refractivity contribution in [1.29, 1.82) is 0 Å². The summed E-state index contributed by atoms with van der Waals surface area (Å²) >= 11 is 0. The zero-order valence-electron chi connectivity index (χ0n) is 5.63. The van der Waals surface area contributed by atoms with Crippen LogP contribution in [0.4, 0.5) is 0 Å². The number of carboxylic acids is 1. The highest BCUT2D eigenvalue weighted by molar-refractivity contribution is 5.83. The molecule has 0 bridgehead atoms. The van der Waals surface area contributed by atoms with E-state index in [1.165, 1.54) is 6.26 Å². The molecule has 0 N–H and O–H groups in total. The zero-order valence-corrected chi connectivity index (χ0v) is 5.63. The van der Waals surface area contributed by atoms with Gasteiger partial charge < -0.3 is 14.6 Å². The summed E-state index contributed by atoms with van der Waals surface area (Å²) in [7, 11) is 0. The molecule has 0 aliphatic heterocycles. The Kier molecular flexibility index (Phi) is 4.04. The number of aliphatic carboxylic acids is 1. The van der Waals surface area contributed by atoms with Crippen LogP contribution in [0, 0.1) is 0 Å². The van der Waals surface area contributed by atoms with Crippen molar-refractivity contribution in [3.8, 4) is 0 Å². The van der Waals surface area contributed by atoms with Gasteiger partial charge in [-0.3, -0.25) is 0 Å². The van der Waals surface area contributed by atoms with Crippen LogP contribution in [0.5, 0.6) is 0 Å². The van der Waals surface area contributed by atoms with Gasteiger partial charge in [0, 0.05) is 6.42 Å². The summed E-state index contributed by atoms with van der Waals surface area (Å²) in [5, 5.41) is 10.0. The number of rotatable bonds is 5. The summed E-state index contributed by atoms with van der Waals surface area (Å²) in [5.74, 6) is -1.23. The fourth-order valence-corrected chi connectivity index (χ4v) is 0.368. The lowest BCUT2D eigenvalue weighted by molar-refractivity contribution is -0.299. The van der Waals surface area contributed by atoms with Crippen molar-refractivity contribution in [3.63, 3.8) is 0 Å². The quantitative estimate of drug-likeness (QED) is 0.304. The van der Waals surface area contributed by atoms with Crippen LogP contribution in [0.3, 0.4) is 0 Å². The SMILES string of the molecule is C=COCCC(=C)C(=O)[O-]. The van der Waals surface area contributed by atoms with Crippen LogP contribution in [-0.2, 0) is 9.53 Å². The van der Waals surface area contributed by atoms with E-state index in [4.69, 9.17) is 0 Å². The first-order valence-corrected chi connectivity index (χ1v) is 2.80. The third-order valence-corrected chi connectivity index (χ3v) is 0.928. The molecule has 0 spiro atoms. The number of carboxylic acid groups (broad SMARTS) is 1. The van der Waals surface area contributed by atoms with E-state index >= 15 is 0 Å². The third-order valence-electron chi connectivity index (χ3n) is 0.928. The van der Waals surface area contributed by atoms with E-state index in [9.17, 15) is 9.90 Å². The second-order valence-corrected chi connectivity index (χ2v) is 1.68. The Morgan fingerprint density at radius 2 is 2.30 bits per heavy atom. The lowest BCUT2D eigenvalue weighted by Gasteiger charge is -2.04. The molecule has 0 atom stereocenters. The first-order valence-electron chi connectivity index (χ1n) is 2.80. The maximum atomic E-state index is 10.0. The van der Waals surface area contributed by atoms with Crippen molar-refractivity contribution in [1.82, 2.24) is 0 Å². The normalized spacial score (nSPS) is 8.40. The van der Waals surface area contributed by atoms with Gasteiger partial charge in [0.05, 0.1) is 18.8 Å². The molecule has 0 aliphatic rings. The average molecular weight is 141 g/mol. The molecule has 0 aliphatic carbocycles. The maximum Gasteiger partial charge on any atom is 0.0913 e. The summed E-state index contributed by atoms with van der Waals surface area (Å²) in [6.07, 6.45) is 1.52. The number of ether oxygens (including phenoxy) is 1. The van der Waals surface area contributed by atoms with Gasteiger partial charge in [-0.2, -0.15) is 0 Å². The van der Waals surface area contributed by atoms with Crippen LogP contribution in [0.25, 0.3) is 0 Å². The van der Waals surface area contributed by atoms with Crippen molar-refractivity contribution in [2.24, 2.45) is 0 Å². The van der Waals surface area contributed by atoms with Gasteiger partial charge in [-0.15, -0.1) is 0 Å². The van der Waals surface area contributed by atoms with Crippen LogP contribution in [0.1, 0.15) is 6.42 Å².